The van der Waals surface area contributed by atoms with E-state index in [2.05, 4.69) is 48.9 Å². The smallest absolute Gasteiger partial charge is 0.126 e. The van der Waals surface area contributed by atoms with Gasteiger partial charge in [-0.15, -0.1) is 0 Å². The zero-order valence-corrected chi connectivity index (χ0v) is 14.9. The largest absolute Gasteiger partial charge is 0.378 e. The first kappa shape index (κ1) is 16.9. The molecule has 4 heteroatoms. The van der Waals surface area contributed by atoms with Crippen LogP contribution in [0, 0.1) is 11.2 Å². The number of nitrogens with one attached hydrogen (secondary N) is 1. The minimum absolute atomic E-state index is 0.0467. The first-order chi connectivity index (χ1) is 9.72. The first-order valence-corrected chi connectivity index (χ1v) is 8.32. The van der Waals surface area contributed by atoms with Gasteiger partial charge in [-0.2, -0.15) is 0 Å². The molecule has 0 amide bonds. The van der Waals surface area contributed by atoms with Crippen LogP contribution in [0.4, 0.5) is 4.39 Å². The second-order valence-electron chi connectivity index (χ2n) is 7.14. The van der Waals surface area contributed by atoms with Crippen LogP contribution >= 0.6 is 15.9 Å². The molecule has 2 nitrogen and oxygen atoms in total. The van der Waals surface area contributed by atoms with E-state index in [0.29, 0.717) is 6.42 Å². The number of hydrogen-bond acceptors (Lipinski definition) is 2. The van der Waals surface area contributed by atoms with Crippen LogP contribution < -0.4 is 5.32 Å². The average molecular weight is 358 g/mol. The third-order valence-electron chi connectivity index (χ3n) is 4.35. The fourth-order valence-electron chi connectivity index (χ4n) is 2.85. The quantitative estimate of drug-likeness (QED) is 0.866. The monoisotopic (exact) mass is 357 g/mol. The van der Waals surface area contributed by atoms with Gasteiger partial charge in [-0.3, -0.25) is 0 Å². The summed E-state index contributed by atoms with van der Waals surface area (Å²) in [5, 5.41) is 3.58. The first-order valence-electron chi connectivity index (χ1n) is 7.52. The Bertz CT molecular complexity index is 500. The van der Waals surface area contributed by atoms with E-state index >= 15 is 0 Å². The van der Waals surface area contributed by atoms with Crippen molar-refractivity contribution in [1.82, 2.24) is 5.32 Å². The molecule has 2 rings (SSSR count). The van der Waals surface area contributed by atoms with Crippen LogP contribution in [0.25, 0.3) is 0 Å². The molecule has 0 aromatic heterocycles. The van der Waals surface area contributed by atoms with E-state index in [1.165, 1.54) is 6.07 Å². The summed E-state index contributed by atoms with van der Waals surface area (Å²) >= 11 is 3.44. The van der Waals surface area contributed by atoms with Crippen molar-refractivity contribution in [3.05, 3.63) is 34.1 Å². The molecule has 0 radical (unpaired) electrons. The van der Waals surface area contributed by atoms with Crippen molar-refractivity contribution in [2.75, 3.05) is 13.2 Å². The van der Waals surface area contributed by atoms with Crippen LogP contribution in [0.2, 0.25) is 0 Å². The fourth-order valence-corrected chi connectivity index (χ4v) is 3.25. The Hall–Kier alpha value is -0.450. The van der Waals surface area contributed by atoms with Crippen molar-refractivity contribution < 1.29 is 9.13 Å². The van der Waals surface area contributed by atoms with Gasteiger partial charge in [-0.05, 0) is 64.3 Å². The Kier molecular flexibility index (Phi) is 5.11. The van der Waals surface area contributed by atoms with Crippen molar-refractivity contribution >= 4 is 15.9 Å². The Morgan fingerprint density at radius 2 is 2.14 bits per heavy atom. The van der Waals surface area contributed by atoms with Gasteiger partial charge in [-0.1, -0.05) is 15.9 Å². The van der Waals surface area contributed by atoms with Crippen molar-refractivity contribution in [1.29, 1.82) is 0 Å². The second kappa shape index (κ2) is 6.35. The topological polar surface area (TPSA) is 21.3 Å². The lowest BCUT2D eigenvalue weighted by Gasteiger charge is -2.36. The Labute approximate surface area is 135 Å². The third kappa shape index (κ3) is 4.27. The standard InChI is InChI=1S/C17H25BrFNO/c1-12-17(7-8-21-12,11-20-16(2,3)4)10-13-9-14(18)5-6-15(13)19/h5-6,9,12,20H,7-8,10-11H2,1-4H3. The molecule has 1 aliphatic heterocycles. The van der Waals surface area contributed by atoms with Gasteiger partial charge >= 0.3 is 0 Å². The maximum atomic E-state index is 14.1. The van der Waals surface area contributed by atoms with Crippen molar-refractivity contribution in [3.63, 3.8) is 0 Å². The summed E-state index contributed by atoms with van der Waals surface area (Å²) < 4.78 is 20.8. The highest BCUT2D eigenvalue weighted by molar-refractivity contribution is 9.10. The lowest BCUT2D eigenvalue weighted by molar-refractivity contribution is 0.0593. The Morgan fingerprint density at radius 1 is 1.43 bits per heavy atom. The highest BCUT2D eigenvalue weighted by atomic mass is 79.9. The van der Waals surface area contributed by atoms with Crippen LogP contribution in [0.3, 0.4) is 0 Å². The van der Waals surface area contributed by atoms with Gasteiger partial charge in [0.25, 0.3) is 0 Å². The SMILES string of the molecule is CC1OCCC1(CNC(C)(C)C)Cc1cc(Br)ccc1F. The molecule has 0 saturated carbocycles. The van der Waals surface area contributed by atoms with Gasteiger partial charge < -0.3 is 10.1 Å². The van der Waals surface area contributed by atoms with E-state index in [9.17, 15) is 4.39 Å². The molecular weight excluding hydrogens is 333 g/mol. The van der Waals surface area contributed by atoms with Crippen molar-refractivity contribution in [3.8, 4) is 0 Å². The third-order valence-corrected chi connectivity index (χ3v) is 4.84. The molecule has 2 unspecified atom stereocenters. The molecule has 0 aliphatic carbocycles. The molecule has 1 fully saturated rings. The van der Waals surface area contributed by atoms with E-state index in [1.807, 2.05) is 6.07 Å². The molecular formula is C17H25BrFNO. The number of halogens is 2. The summed E-state index contributed by atoms with van der Waals surface area (Å²) in [6, 6.07) is 5.16. The van der Waals surface area contributed by atoms with Gasteiger partial charge in [0.15, 0.2) is 0 Å². The highest BCUT2D eigenvalue weighted by Gasteiger charge is 2.42. The molecule has 1 saturated heterocycles. The lowest BCUT2D eigenvalue weighted by atomic mass is 9.75. The predicted molar refractivity (Wildman–Crippen MR) is 88.0 cm³/mol. The number of ether oxygens (including phenoxy) is 1. The highest BCUT2D eigenvalue weighted by Crippen LogP contribution is 2.39. The van der Waals surface area contributed by atoms with Gasteiger partial charge in [0, 0.05) is 28.6 Å². The van der Waals surface area contributed by atoms with E-state index in [-0.39, 0.29) is 22.9 Å². The summed E-state index contributed by atoms with van der Waals surface area (Å²) in [5.74, 6) is -0.132. The normalized spacial score (nSPS) is 26.3. The van der Waals surface area contributed by atoms with E-state index in [1.54, 1.807) is 6.07 Å². The molecule has 118 valence electrons. The number of rotatable bonds is 4. The molecule has 1 aromatic carbocycles. The summed E-state index contributed by atoms with van der Waals surface area (Å²) in [6.07, 6.45) is 1.79. The van der Waals surface area contributed by atoms with E-state index in [0.717, 1.165) is 29.6 Å². The second-order valence-corrected chi connectivity index (χ2v) is 8.06. The van der Waals surface area contributed by atoms with E-state index in [4.69, 9.17) is 4.74 Å². The zero-order valence-electron chi connectivity index (χ0n) is 13.3. The molecule has 1 N–H and O–H groups in total. The van der Waals surface area contributed by atoms with Crippen LogP contribution in [0.15, 0.2) is 22.7 Å². The van der Waals surface area contributed by atoms with Gasteiger partial charge in [0.2, 0.25) is 0 Å². The van der Waals surface area contributed by atoms with Crippen molar-refractivity contribution in [2.45, 2.75) is 52.2 Å². The summed E-state index contributed by atoms with van der Waals surface area (Å²) in [7, 11) is 0. The van der Waals surface area contributed by atoms with E-state index < -0.39 is 0 Å². The summed E-state index contributed by atoms with van der Waals surface area (Å²) in [4.78, 5) is 0. The number of hydrogen-bond donors (Lipinski definition) is 1. The molecule has 0 spiro atoms. The van der Waals surface area contributed by atoms with Gasteiger partial charge in [-0.25, -0.2) is 4.39 Å². The van der Waals surface area contributed by atoms with Gasteiger partial charge in [0.1, 0.15) is 5.82 Å². The Balaban J connectivity index is 2.22. The Morgan fingerprint density at radius 3 is 2.71 bits per heavy atom. The minimum atomic E-state index is -0.132. The minimum Gasteiger partial charge on any atom is -0.378 e. The maximum absolute atomic E-state index is 14.1. The molecule has 1 aliphatic rings. The predicted octanol–water partition coefficient (Wildman–Crippen LogP) is 4.31. The number of benzene rings is 1. The summed E-state index contributed by atoms with van der Waals surface area (Å²) in [5.41, 5.74) is 0.762. The van der Waals surface area contributed by atoms with Crippen LogP contribution in [-0.2, 0) is 11.2 Å². The molecule has 0 bridgehead atoms. The molecule has 2 atom stereocenters. The van der Waals surface area contributed by atoms with Crippen molar-refractivity contribution in [2.24, 2.45) is 5.41 Å². The van der Waals surface area contributed by atoms with Crippen LogP contribution in [0.5, 0.6) is 0 Å². The molecule has 21 heavy (non-hydrogen) atoms. The zero-order chi connectivity index (χ0) is 15.7. The summed E-state index contributed by atoms with van der Waals surface area (Å²) in [6.45, 7) is 10.2. The fraction of sp³-hybridized carbons (Fsp3) is 0.647. The average Bonchev–Trinajstić information content (AvgIpc) is 2.73. The van der Waals surface area contributed by atoms with Crippen LogP contribution in [-0.4, -0.2) is 24.8 Å². The van der Waals surface area contributed by atoms with Gasteiger partial charge in [0.05, 0.1) is 6.10 Å². The van der Waals surface area contributed by atoms with Crippen LogP contribution in [0.1, 0.15) is 39.7 Å². The maximum Gasteiger partial charge on any atom is 0.126 e. The lowest BCUT2D eigenvalue weighted by Crippen LogP contribution is -2.47. The molecule has 1 aromatic rings. The molecule has 1 heterocycles.